The van der Waals surface area contributed by atoms with E-state index in [0.717, 1.165) is 9.21 Å². The van der Waals surface area contributed by atoms with Gasteiger partial charge in [-0.15, -0.1) is 11.3 Å². The van der Waals surface area contributed by atoms with Crippen molar-refractivity contribution in [3.63, 3.8) is 0 Å². The maximum absolute atomic E-state index is 9.49. The van der Waals surface area contributed by atoms with Crippen molar-refractivity contribution in [2.24, 2.45) is 0 Å². The fourth-order valence-corrected chi connectivity index (χ4v) is 2.39. The van der Waals surface area contributed by atoms with Crippen LogP contribution in [0.15, 0.2) is 12.1 Å². The van der Waals surface area contributed by atoms with Crippen molar-refractivity contribution >= 4 is 22.9 Å². The van der Waals surface area contributed by atoms with E-state index < -0.39 is 12.2 Å². The Labute approximate surface area is 93.2 Å². The van der Waals surface area contributed by atoms with Gasteiger partial charge in [0, 0.05) is 4.88 Å². The highest BCUT2D eigenvalue weighted by atomic mass is 35.5. The fraction of sp³-hybridized carbons (Fsp3) is 0.600. The summed E-state index contributed by atoms with van der Waals surface area (Å²) in [5.74, 6) is 0.233. The lowest BCUT2D eigenvalue weighted by Gasteiger charge is -2.17. The van der Waals surface area contributed by atoms with Gasteiger partial charge in [-0.1, -0.05) is 18.5 Å². The van der Waals surface area contributed by atoms with Crippen LogP contribution in [0.1, 0.15) is 31.1 Å². The van der Waals surface area contributed by atoms with Gasteiger partial charge in [0.15, 0.2) is 0 Å². The number of hydrogen-bond donors (Lipinski definition) is 2. The summed E-state index contributed by atoms with van der Waals surface area (Å²) in [4.78, 5) is 1.15. The Balaban J connectivity index is 2.54. The lowest BCUT2D eigenvalue weighted by Crippen LogP contribution is -2.23. The molecule has 0 saturated heterocycles. The van der Waals surface area contributed by atoms with Gasteiger partial charge < -0.3 is 10.2 Å². The first-order chi connectivity index (χ1) is 6.50. The average Bonchev–Trinajstić information content (AvgIpc) is 2.51. The molecule has 1 aromatic rings. The normalized spacial score (nSPS) is 17.8. The molecule has 0 amide bonds. The van der Waals surface area contributed by atoms with E-state index in [1.807, 2.05) is 19.1 Å². The summed E-state index contributed by atoms with van der Waals surface area (Å²) in [5.41, 5.74) is 0. The first kappa shape index (κ1) is 12.0. The number of thiophene rings is 1. The minimum atomic E-state index is -0.673. The third-order valence-electron chi connectivity index (χ3n) is 2.23. The second kappa shape index (κ2) is 5.12. The maximum Gasteiger partial charge on any atom is 0.0931 e. The number of aliphatic hydroxyl groups is 2. The molecule has 4 heteroatoms. The Morgan fingerprint density at radius 3 is 2.43 bits per heavy atom. The summed E-state index contributed by atoms with van der Waals surface area (Å²) in [6.45, 7) is 3.62. The van der Waals surface area contributed by atoms with E-state index >= 15 is 0 Å². The van der Waals surface area contributed by atoms with Gasteiger partial charge in [-0.2, -0.15) is 0 Å². The Morgan fingerprint density at radius 2 is 2.00 bits per heavy atom. The zero-order valence-corrected chi connectivity index (χ0v) is 9.85. The van der Waals surface area contributed by atoms with Crippen molar-refractivity contribution < 1.29 is 10.2 Å². The molecule has 2 N–H and O–H groups in total. The van der Waals surface area contributed by atoms with E-state index in [2.05, 4.69) is 0 Å². The third kappa shape index (κ3) is 3.24. The maximum atomic E-state index is 9.49. The number of aliphatic hydroxyl groups excluding tert-OH is 2. The van der Waals surface area contributed by atoms with Gasteiger partial charge in [0.1, 0.15) is 0 Å². The van der Waals surface area contributed by atoms with Crippen LogP contribution in [-0.4, -0.2) is 22.4 Å². The van der Waals surface area contributed by atoms with Crippen LogP contribution in [0.4, 0.5) is 0 Å². The van der Waals surface area contributed by atoms with Gasteiger partial charge in [-0.25, -0.2) is 0 Å². The smallest absolute Gasteiger partial charge is 0.0931 e. The summed E-state index contributed by atoms with van der Waals surface area (Å²) < 4.78 is 0.762. The second-order valence-electron chi connectivity index (χ2n) is 3.59. The molecular weight excluding hydrogens is 220 g/mol. The Morgan fingerprint density at radius 1 is 1.36 bits per heavy atom. The Kier molecular flexibility index (Phi) is 4.38. The molecule has 0 saturated carbocycles. The molecule has 1 heterocycles. The molecular formula is C10H15ClO2S. The van der Waals surface area contributed by atoms with E-state index in [4.69, 9.17) is 16.7 Å². The number of halogens is 1. The van der Waals surface area contributed by atoms with Crippen molar-refractivity contribution in [2.45, 2.75) is 38.4 Å². The highest BCUT2D eigenvalue weighted by molar-refractivity contribution is 7.16. The van der Waals surface area contributed by atoms with Gasteiger partial charge in [0.05, 0.1) is 16.5 Å². The van der Waals surface area contributed by atoms with Gasteiger partial charge >= 0.3 is 0 Å². The molecule has 0 aliphatic carbocycles. The first-order valence-corrected chi connectivity index (χ1v) is 5.81. The molecule has 0 aliphatic heterocycles. The highest BCUT2D eigenvalue weighted by Gasteiger charge is 2.17. The topological polar surface area (TPSA) is 40.5 Å². The average molecular weight is 235 g/mol. The van der Waals surface area contributed by atoms with E-state index in [1.54, 1.807) is 6.92 Å². The van der Waals surface area contributed by atoms with E-state index in [9.17, 15) is 5.11 Å². The SMILES string of the molecule is CC(CC(O)C(C)O)c1ccc(Cl)s1. The standard InChI is InChI=1S/C10H15ClO2S/c1-6(5-8(13)7(2)12)9-3-4-10(11)14-9/h3-4,6-8,12-13H,5H2,1-2H3. The van der Waals surface area contributed by atoms with Gasteiger partial charge in [-0.3, -0.25) is 0 Å². The van der Waals surface area contributed by atoms with Crippen LogP contribution < -0.4 is 0 Å². The van der Waals surface area contributed by atoms with E-state index in [0.29, 0.717) is 6.42 Å². The summed E-state index contributed by atoms with van der Waals surface area (Å²) in [6.07, 6.45) is -0.770. The lowest BCUT2D eigenvalue weighted by molar-refractivity contribution is 0.0229. The van der Waals surface area contributed by atoms with E-state index in [1.165, 1.54) is 11.3 Å². The molecule has 0 bridgehead atoms. The van der Waals surface area contributed by atoms with Crippen LogP contribution in [0.25, 0.3) is 0 Å². The number of hydrogen-bond acceptors (Lipinski definition) is 3. The fourth-order valence-electron chi connectivity index (χ4n) is 1.27. The summed E-state index contributed by atoms with van der Waals surface area (Å²) in [7, 11) is 0. The Hall–Kier alpha value is -0.0900. The zero-order chi connectivity index (χ0) is 10.7. The van der Waals surface area contributed by atoms with Crippen LogP contribution in [0, 0.1) is 0 Å². The van der Waals surface area contributed by atoms with Crippen LogP contribution in [-0.2, 0) is 0 Å². The molecule has 3 unspecified atom stereocenters. The predicted molar refractivity (Wildman–Crippen MR) is 60.0 cm³/mol. The summed E-state index contributed by atoms with van der Waals surface area (Å²) >= 11 is 7.33. The van der Waals surface area contributed by atoms with Crippen molar-refractivity contribution in [2.75, 3.05) is 0 Å². The lowest BCUT2D eigenvalue weighted by atomic mass is 9.99. The summed E-state index contributed by atoms with van der Waals surface area (Å²) in [6, 6.07) is 3.82. The molecule has 0 radical (unpaired) electrons. The monoisotopic (exact) mass is 234 g/mol. The molecule has 2 nitrogen and oxygen atoms in total. The molecule has 14 heavy (non-hydrogen) atoms. The second-order valence-corrected chi connectivity index (χ2v) is 5.33. The van der Waals surface area contributed by atoms with Crippen LogP contribution in [0.5, 0.6) is 0 Å². The van der Waals surface area contributed by atoms with Gasteiger partial charge in [-0.05, 0) is 31.4 Å². The van der Waals surface area contributed by atoms with Crippen LogP contribution in [0.3, 0.4) is 0 Å². The molecule has 1 aromatic heterocycles. The predicted octanol–water partition coefficient (Wildman–Crippen LogP) is 2.64. The molecule has 80 valence electrons. The quantitative estimate of drug-likeness (QED) is 0.841. The third-order valence-corrected chi connectivity index (χ3v) is 3.69. The van der Waals surface area contributed by atoms with Crippen LogP contribution >= 0.6 is 22.9 Å². The molecule has 1 rings (SSSR count). The van der Waals surface area contributed by atoms with E-state index in [-0.39, 0.29) is 5.92 Å². The van der Waals surface area contributed by atoms with Crippen molar-refractivity contribution in [3.05, 3.63) is 21.3 Å². The van der Waals surface area contributed by atoms with Gasteiger partial charge in [0.25, 0.3) is 0 Å². The molecule has 0 fully saturated rings. The largest absolute Gasteiger partial charge is 0.391 e. The molecule has 0 spiro atoms. The van der Waals surface area contributed by atoms with Crippen LogP contribution in [0.2, 0.25) is 4.34 Å². The van der Waals surface area contributed by atoms with Crippen molar-refractivity contribution in [3.8, 4) is 0 Å². The minimum absolute atomic E-state index is 0.233. The Bertz CT molecular complexity index is 285. The molecule has 3 atom stereocenters. The first-order valence-electron chi connectivity index (χ1n) is 4.62. The summed E-state index contributed by atoms with van der Waals surface area (Å²) in [5, 5.41) is 18.6. The molecule has 0 aliphatic rings. The zero-order valence-electron chi connectivity index (χ0n) is 8.27. The minimum Gasteiger partial charge on any atom is -0.391 e. The van der Waals surface area contributed by atoms with Crippen molar-refractivity contribution in [1.82, 2.24) is 0 Å². The highest BCUT2D eigenvalue weighted by Crippen LogP contribution is 2.30. The number of rotatable bonds is 4. The van der Waals surface area contributed by atoms with Crippen molar-refractivity contribution in [1.29, 1.82) is 0 Å². The van der Waals surface area contributed by atoms with Gasteiger partial charge in [0.2, 0.25) is 0 Å². The molecule has 0 aromatic carbocycles.